The topological polar surface area (TPSA) is 80.5 Å². The van der Waals surface area contributed by atoms with Gasteiger partial charge in [-0.2, -0.15) is 18.3 Å². The van der Waals surface area contributed by atoms with Crippen molar-refractivity contribution in [2.45, 2.75) is 6.18 Å². The molecule has 4 rings (SSSR count). The summed E-state index contributed by atoms with van der Waals surface area (Å²) in [5.74, 6) is -0.680. The van der Waals surface area contributed by atoms with Crippen LogP contribution in [-0.2, 0) is 6.18 Å². The number of nitrogen functional groups attached to an aromatic ring is 1. The minimum absolute atomic E-state index is 0.0349. The standard InChI is InChI=1S/C18H11ClF3N5/c19-12-7-10(6-11-8-24-27-13(11)12)15-14(9-4-2-1-3-5-9)26-17(23)16(25-15)18(20,21)22/h1-8H,(H2,23,26)(H,24,27). The molecular formula is C18H11ClF3N5. The van der Waals surface area contributed by atoms with Gasteiger partial charge >= 0.3 is 6.18 Å². The second-order valence-corrected chi connectivity index (χ2v) is 6.22. The van der Waals surface area contributed by atoms with E-state index in [9.17, 15) is 13.2 Å². The molecule has 0 amide bonds. The van der Waals surface area contributed by atoms with E-state index in [0.29, 0.717) is 27.1 Å². The van der Waals surface area contributed by atoms with Gasteiger partial charge in [-0.05, 0) is 12.1 Å². The van der Waals surface area contributed by atoms with Gasteiger partial charge in [-0.25, -0.2) is 9.97 Å². The Kier molecular flexibility index (Phi) is 4.00. The van der Waals surface area contributed by atoms with Crippen LogP contribution in [0.2, 0.25) is 5.02 Å². The molecule has 0 unspecified atom stereocenters. The first-order chi connectivity index (χ1) is 12.8. The molecule has 3 N–H and O–H groups in total. The van der Waals surface area contributed by atoms with Crippen LogP contribution in [0.4, 0.5) is 19.0 Å². The fourth-order valence-electron chi connectivity index (χ4n) is 2.81. The molecule has 5 nitrogen and oxygen atoms in total. The lowest BCUT2D eigenvalue weighted by Gasteiger charge is -2.15. The Morgan fingerprint density at radius 3 is 2.37 bits per heavy atom. The molecule has 136 valence electrons. The predicted octanol–water partition coefficient (Wildman–Crippen LogP) is 4.94. The maximum atomic E-state index is 13.3. The van der Waals surface area contributed by atoms with Crippen molar-refractivity contribution < 1.29 is 13.2 Å². The van der Waals surface area contributed by atoms with Crippen molar-refractivity contribution in [3.8, 4) is 22.5 Å². The van der Waals surface area contributed by atoms with Crippen molar-refractivity contribution in [2.24, 2.45) is 0 Å². The van der Waals surface area contributed by atoms with Crippen LogP contribution >= 0.6 is 11.6 Å². The van der Waals surface area contributed by atoms with Crippen LogP contribution in [0.5, 0.6) is 0 Å². The van der Waals surface area contributed by atoms with E-state index in [-0.39, 0.29) is 11.4 Å². The third-order valence-electron chi connectivity index (χ3n) is 4.01. The van der Waals surface area contributed by atoms with Crippen LogP contribution in [0.1, 0.15) is 5.69 Å². The fourth-order valence-corrected chi connectivity index (χ4v) is 3.08. The van der Waals surface area contributed by atoms with Crippen molar-refractivity contribution in [2.75, 3.05) is 5.73 Å². The maximum Gasteiger partial charge on any atom is 0.437 e. The van der Waals surface area contributed by atoms with Crippen LogP contribution in [0.25, 0.3) is 33.4 Å². The highest BCUT2D eigenvalue weighted by atomic mass is 35.5. The molecule has 0 saturated carbocycles. The number of aromatic amines is 1. The number of anilines is 1. The highest BCUT2D eigenvalue weighted by Crippen LogP contribution is 2.38. The number of nitrogens with zero attached hydrogens (tertiary/aromatic N) is 3. The fraction of sp³-hybridized carbons (Fsp3) is 0.0556. The first-order valence-electron chi connectivity index (χ1n) is 7.77. The Hall–Kier alpha value is -3.13. The summed E-state index contributed by atoms with van der Waals surface area (Å²) < 4.78 is 40.0. The summed E-state index contributed by atoms with van der Waals surface area (Å²) in [6, 6.07) is 11.9. The summed E-state index contributed by atoms with van der Waals surface area (Å²) in [5.41, 5.74) is 6.15. The van der Waals surface area contributed by atoms with Crippen molar-refractivity contribution in [1.82, 2.24) is 20.2 Å². The zero-order valence-electron chi connectivity index (χ0n) is 13.5. The number of aromatic nitrogens is 4. The molecule has 0 aliphatic carbocycles. The second-order valence-electron chi connectivity index (χ2n) is 5.81. The van der Waals surface area contributed by atoms with Crippen LogP contribution in [-0.4, -0.2) is 20.2 Å². The molecule has 0 aliphatic rings. The number of benzene rings is 2. The lowest BCUT2D eigenvalue weighted by Crippen LogP contribution is -2.15. The first kappa shape index (κ1) is 17.3. The van der Waals surface area contributed by atoms with Crippen LogP contribution in [0.3, 0.4) is 0 Å². The van der Waals surface area contributed by atoms with E-state index in [4.69, 9.17) is 17.3 Å². The van der Waals surface area contributed by atoms with Crippen LogP contribution < -0.4 is 5.73 Å². The van der Waals surface area contributed by atoms with E-state index in [1.54, 1.807) is 36.4 Å². The quantitative estimate of drug-likeness (QED) is 0.508. The number of nitrogens with two attached hydrogens (primary N) is 1. The van der Waals surface area contributed by atoms with Gasteiger partial charge in [0.05, 0.1) is 28.1 Å². The molecule has 0 aliphatic heterocycles. The maximum absolute atomic E-state index is 13.3. The predicted molar refractivity (Wildman–Crippen MR) is 97.0 cm³/mol. The molecular weight excluding hydrogens is 379 g/mol. The van der Waals surface area contributed by atoms with Gasteiger partial charge in [0.15, 0.2) is 11.5 Å². The molecule has 0 bridgehead atoms. The van der Waals surface area contributed by atoms with E-state index in [2.05, 4.69) is 20.2 Å². The number of rotatable bonds is 2. The Bertz CT molecular complexity index is 1140. The lowest BCUT2D eigenvalue weighted by molar-refractivity contribution is -0.140. The Morgan fingerprint density at radius 2 is 1.67 bits per heavy atom. The summed E-state index contributed by atoms with van der Waals surface area (Å²) in [5, 5.41) is 7.60. The number of hydrogen-bond donors (Lipinski definition) is 2. The van der Waals surface area contributed by atoms with Gasteiger partial charge in [0.25, 0.3) is 0 Å². The summed E-state index contributed by atoms with van der Waals surface area (Å²) in [4.78, 5) is 7.83. The molecule has 0 spiro atoms. The third kappa shape index (κ3) is 3.08. The van der Waals surface area contributed by atoms with E-state index in [1.807, 2.05) is 0 Å². The summed E-state index contributed by atoms with van der Waals surface area (Å²) >= 11 is 6.25. The SMILES string of the molecule is Nc1nc(-c2ccccc2)c(-c2cc(Cl)c3[nH]ncc3c2)nc1C(F)(F)F. The molecule has 9 heteroatoms. The Balaban J connectivity index is 2.04. The van der Waals surface area contributed by atoms with Gasteiger partial charge in [0.1, 0.15) is 0 Å². The highest BCUT2D eigenvalue weighted by Gasteiger charge is 2.37. The van der Waals surface area contributed by atoms with Gasteiger partial charge in [-0.1, -0.05) is 41.9 Å². The summed E-state index contributed by atoms with van der Waals surface area (Å²) in [7, 11) is 0. The lowest BCUT2D eigenvalue weighted by atomic mass is 10.0. The normalized spacial score (nSPS) is 11.9. The third-order valence-corrected chi connectivity index (χ3v) is 4.31. The van der Waals surface area contributed by atoms with Gasteiger partial charge in [0, 0.05) is 16.5 Å². The van der Waals surface area contributed by atoms with E-state index < -0.39 is 17.7 Å². The van der Waals surface area contributed by atoms with Crippen LogP contribution in [0.15, 0.2) is 48.7 Å². The van der Waals surface area contributed by atoms with Gasteiger partial charge in [0.2, 0.25) is 0 Å². The number of halogens is 4. The summed E-state index contributed by atoms with van der Waals surface area (Å²) in [6.07, 6.45) is -3.20. The molecule has 27 heavy (non-hydrogen) atoms. The van der Waals surface area contributed by atoms with Gasteiger partial charge < -0.3 is 5.73 Å². The number of alkyl halides is 3. The molecule has 2 heterocycles. The Labute approximate surface area is 156 Å². The first-order valence-corrected chi connectivity index (χ1v) is 8.15. The van der Waals surface area contributed by atoms with Crippen molar-refractivity contribution >= 4 is 28.3 Å². The van der Waals surface area contributed by atoms with Gasteiger partial charge in [-0.3, -0.25) is 5.10 Å². The average molecular weight is 390 g/mol. The monoisotopic (exact) mass is 389 g/mol. The molecule has 4 aromatic rings. The molecule has 2 aromatic heterocycles. The van der Waals surface area contributed by atoms with E-state index in [0.717, 1.165) is 0 Å². The van der Waals surface area contributed by atoms with Crippen LogP contribution in [0, 0.1) is 0 Å². The van der Waals surface area contributed by atoms with Gasteiger partial charge in [-0.15, -0.1) is 0 Å². The van der Waals surface area contributed by atoms with Crippen molar-refractivity contribution in [3.05, 3.63) is 59.4 Å². The van der Waals surface area contributed by atoms with E-state index >= 15 is 0 Å². The highest BCUT2D eigenvalue weighted by molar-refractivity contribution is 6.35. The van der Waals surface area contributed by atoms with Crippen molar-refractivity contribution in [3.63, 3.8) is 0 Å². The molecule has 0 fully saturated rings. The largest absolute Gasteiger partial charge is 0.437 e. The smallest absolute Gasteiger partial charge is 0.382 e. The minimum Gasteiger partial charge on any atom is -0.382 e. The molecule has 0 atom stereocenters. The summed E-state index contributed by atoms with van der Waals surface area (Å²) in [6.45, 7) is 0. The number of fused-ring (bicyclic) bond motifs is 1. The van der Waals surface area contributed by atoms with Crippen molar-refractivity contribution in [1.29, 1.82) is 0 Å². The molecule has 0 saturated heterocycles. The zero-order chi connectivity index (χ0) is 19.2. The average Bonchev–Trinajstić information content (AvgIpc) is 3.10. The Morgan fingerprint density at radius 1 is 0.963 bits per heavy atom. The second kappa shape index (κ2) is 6.24. The number of H-pyrrole nitrogens is 1. The number of nitrogens with one attached hydrogen (secondary N) is 1. The molecule has 0 radical (unpaired) electrons. The molecule has 2 aromatic carbocycles. The van der Waals surface area contributed by atoms with E-state index in [1.165, 1.54) is 12.3 Å². The number of hydrogen-bond acceptors (Lipinski definition) is 4. The minimum atomic E-state index is -4.73. The zero-order valence-corrected chi connectivity index (χ0v) is 14.3.